The van der Waals surface area contributed by atoms with Crippen LogP contribution in [0.15, 0.2) is 30.3 Å². The zero-order valence-electron chi connectivity index (χ0n) is 15.9. The highest BCUT2D eigenvalue weighted by Crippen LogP contribution is 2.41. The third-order valence-corrected chi connectivity index (χ3v) is 6.89. The molecule has 2 aliphatic rings. The monoisotopic (exact) mass is 374 g/mol. The van der Waals surface area contributed by atoms with Crippen LogP contribution < -0.4 is 0 Å². The van der Waals surface area contributed by atoms with Crippen LogP contribution in [0.5, 0.6) is 0 Å². The third-order valence-electron chi connectivity index (χ3n) is 5.98. The summed E-state index contributed by atoms with van der Waals surface area (Å²) in [6.07, 6.45) is 6.60. The molecule has 5 heteroatoms. The molecule has 4 nitrogen and oxygen atoms in total. The van der Waals surface area contributed by atoms with Crippen molar-refractivity contribution in [2.75, 3.05) is 32.4 Å². The molecule has 0 unspecified atom stereocenters. The molecule has 0 bridgehead atoms. The van der Waals surface area contributed by atoms with Crippen molar-refractivity contribution >= 4 is 23.6 Å². The van der Waals surface area contributed by atoms with E-state index in [-0.39, 0.29) is 16.6 Å². The predicted octanol–water partition coefficient (Wildman–Crippen LogP) is 3.21. The summed E-state index contributed by atoms with van der Waals surface area (Å²) in [7, 11) is 0. The second kappa shape index (κ2) is 8.47. The minimum atomic E-state index is 0.0312. The number of aryl methyl sites for hydroxylation is 1. The van der Waals surface area contributed by atoms with Crippen LogP contribution in [0.1, 0.15) is 38.2 Å². The van der Waals surface area contributed by atoms with Crippen LogP contribution in [-0.4, -0.2) is 59.3 Å². The summed E-state index contributed by atoms with van der Waals surface area (Å²) in [6, 6.07) is 10.5. The summed E-state index contributed by atoms with van der Waals surface area (Å²) < 4.78 is 0. The molecule has 2 amide bonds. The van der Waals surface area contributed by atoms with Crippen LogP contribution in [0.25, 0.3) is 0 Å². The van der Waals surface area contributed by atoms with Crippen molar-refractivity contribution in [1.82, 2.24) is 9.80 Å². The van der Waals surface area contributed by atoms with Crippen molar-refractivity contribution in [1.29, 1.82) is 0 Å². The molecule has 1 atom stereocenters. The minimum Gasteiger partial charge on any atom is -0.342 e. The summed E-state index contributed by atoms with van der Waals surface area (Å²) in [4.78, 5) is 28.9. The number of piperidine rings is 1. The van der Waals surface area contributed by atoms with E-state index in [1.807, 2.05) is 24.1 Å². The van der Waals surface area contributed by atoms with Gasteiger partial charge in [0.05, 0.1) is 5.25 Å². The molecular weight excluding hydrogens is 344 g/mol. The van der Waals surface area contributed by atoms with Crippen molar-refractivity contribution < 1.29 is 9.59 Å². The molecule has 0 saturated carbocycles. The Hall–Kier alpha value is -1.49. The predicted molar refractivity (Wildman–Crippen MR) is 107 cm³/mol. The molecule has 2 saturated heterocycles. The lowest BCUT2D eigenvalue weighted by Gasteiger charge is -2.39. The quantitative estimate of drug-likeness (QED) is 0.768. The number of rotatable bonds is 6. The number of thioether (sulfide) groups is 1. The summed E-state index contributed by atoms with van der Waals surface area (Å²) in [5, 5.41) is 0.0312. The zero-order valence-corrected chi connectivity index (χ0v) is 16.8. The van der Waals surface area contributed by atoms with E-state index in [1.165, 1.54) is 5.56 Å². The van der Waals surface area contributed by atoms with Crippen LogP contribution in [0.4, 0.5) is 0 Å². The van der Waals surface area contributed by atoms with Gasteiger partial charge in [-0.25, -0.2) is 0 Å². The maximum absolute atomic E-state index is 12.5. The van der Waals surface area contributed by atoms with Gasteiger partial charge in [-0.05, 0) is 44.4 Å². The van der Waals surface area contributed by atoms with Gasteiger partial charge in [-0.15, -0.1) is 0 Å². The summed E-state index contributed by atoms with van der Waals surface area (Å²) >= 11 is 1.60. The Morgan fingerprint density at radius 1 is 1.23 bits per heavy atom. The highest BCUT2D eigenvalue weighted by atomic mass is 32.2. The van der Waals surface area contributed by atoms with E-state index in [2.05, 4.69) is 29.2 Å². The normalized spacial score (nSPS) is 20.6. The van der Waals surface area contributed by atoms with E-state index in [1.54, 1.807) is 11.8 Å². The number of benzene rings is 1. The molecule has 1 spiro atoms. The lowest BCUT2D eigenvalue weighted by molar-refractivity contribution is -0.132. The Morgan fingerprint density at radius 2 is 1.92 bits per heavy atom. The maximum atomic E-state index is 12.5. The Morgan fingerprint density at radius 3 is 2.58 bits per heavy atom. The van der Waals surface area contributed by atoms with Crippen LogP contribution in [0.3, 0.4) is 0 Å². The molecule has 142 valence electrons. The Labute approximate surface area is 161 Å². The molecular formula is C21H30N2O2S. The molecule has 2 heterocycles. The van der Waals surface area contributed by atoms with Crippen LogP contribution in [0.2, 0.25) is 0 Å². The maximum Gasteiger partial charge on any atom is 0.235 e. The summed E-state index contributed by atoms with van der Waals surface area (Å²) in [5.74, 6) is 0.548. The van der Waals surface area contributed by atoms with Crippen LogP contribution in [0, 0.1) is 5.41 Å². The van der Waals surface area contributed by atoms with E-state index in [0.717, 1.165) is 51.9 Å². The van der Waals surface area contributed by atoms with Gasteiger partial charge in [0.25, 0.3) is 0 Å². The molecule has 3 rings (SSSR count). The largest absolute Gasteiger partial charge is 0.342 e. The molecule has 0 aliphatic carbocycles. The lowest BCUT2D eigenvalue weighted by atomic mass is 9.77. The van der Waals surface area contributed by atoms with Gasteiger partial charge in [-0.2, -0.15) is 11.8 Å². The molecule has 0 aromatic heterocycles. The van der Waals surface area contributed by atoms with Gasteiger partial charge >= 0.3 is 0 Å². The van der Waals surface area contributed by atoms with Crippen molar-refractivity contribution in [2.45, 2.75) is 44.3 Å². The first-order valence-electron chi connectivity index (χ1n) is 9.66. The van der Waals surface area contributed by atoms with Gasteiger partial charge in [0.2, 0.25) is 11.8 Å². The van der Waals surface area contributed by atoms with Gasteiger partial charge in [0.1, 0.15) is 0 Å². The first-order valence-corrected chi connectivity index (χ1v) is 11.0. The summed E-state index contributed by atoms with van der Waals surface area (Å²) in [6.45, 7) is 5.30. The van der Waals surface area contributed by atoms with E-state index in [9.17, 15) is 9.59 Å². The molecule has 0 N–H and O–H groups in total. The van der Waals surface area contributed by atoms with Crippen LogP contribution in [-0.2, 0) is 16.0 Å². The molecule has 0 radical (unpaired) electrons. The van der Waals surface area contributed by atoms with Crippen LogP contribution >= 0.6 is 11.8 Å². The molecule has 1 aromatic rings. The Kier molecular flexibility index (Phi) is 6.28. The lowest BCUT2D eigenvalue weighted by Crippen LogP contribution is -2.46. The van der Waals surface area contributed by atoms with Crippen molar-refractivity contribution in [3.8, 4) is 0 Å². The van der Waals surface area contributed by atoms with Crippen molar-refractivity contribution in [3.63, 3.8) is 0 Å². The topological polar surface area (TPSA) is 40.6 Å². The third kappa shape index (κ3) is 4.43. The second-order valence-corrected chi connectivity index (χ2v) is 8.96. The fourth-order valence-electron chi connectivity index (χ4n) is 4.20. The highest BCUT2D eigenvalue weighted by Gasteiger charge is 2.45. The van der Waals surface area contributed by atoms with Gasteiger partial charge in [0.15, 0.2) is 0 Å². The molecule has 1 aromatic carbocycles. The van der Waals surface area contributed by atoms with Gasteiger partial charge < -0.3 is 9.80 Å². The first kappa shape index (κ1) is 19.3. The standard InChI is InChI=1S/C21H30N2O2S/c1-17(26-2)20(25)22-13-10-21(11-14-22)15-19(24)23(16-21)12-6-9-18-7-4-3-5-8-18/h3-5,7-8,17H,6,9-16H2,1-2H3/t17-/m1/s1. The first-order chi connectivity index (χ1) is 12.5. The fourth-order valence-corrected chi connectivity index (χ4v) is 4.55. The molecule has 2 aliphatic heterocycles. The fraction of sp³-hybridized carbons (Fsp3) is 0.619. The molecule has 2 fully saturated rings. The SMILES string of the molecule is CS[C@H](C)C(=O)N1CCC2(CC1)CC(=O)N(CCCc1ccccc1)C2. The number of hydrogen-bond acceptors (Lipinski definition) is 3. The van der Waals surface area contributed by atoms with Gasteiger partial charge in [-0.3, -0.25) is 9.59 Å². The summed E-state index contributed by atoms with van der Waals surface area (Å²) in [5.41, 5.74) is 1.44. The second-order valence-electron chi connectivity index (χ2n) is 7.78. The van der Waals surface area contributed by atoms with Crippen molar-refractivity contribution in [3.05, 3.63) is 35.9 Å². The van der Waals surface area contributed by atoms with Gasteiger partial charge in [0, 0.05) is 38.0 Å². The van der Waals surface area contributed by atoms with E-state index in [0.29, 0.717) is 12.3 Å². The van der Waals surface area contributed by atoms with E-state index >= 15 is 0 Å². The average molecular weight is 375 g/mol. The van der Waals surface area contributed by atoms with Crippen molar-refractivity contribution in [2.24, 2.45) is 5.41 Å². The average Bonchev–Trinajstić information content (AvgIpc) is 2.97. The zero-order chi connectivity index (χ0) is 18.6. The van der Waals surface area contributed by atoms with Gasteiger partial charge in [-0.1, -0.05) is 30.3 Å². The number of likely N-dealkylation sites (tertiary alicyclic amines) is 2. The number of amides is 2. The number of nitrogens with zero attached hydrogens (tertiary/aromatic N) is 2. The molecule has 26 heavy (non-hydrogen) atoms. The van der Waals surface area contributed by atoms with E-state index in [4.69, 9.17) is 0 Å². The Bertz CT molecular complexity index is 626. The Balaban J connectivity index is 1.48. The highest BCUT2D eigenvalue weighted by molar-refractivity contribution is 7.99. The number of hydrogen-bond donors (Lipinski definition) is 0. The smallest absolute Gasteiger partial charge is 0.235 e. The minimum absolute atomic E-state index is 0.0312. The number of carbonyl (C=O) groups excluding carboxylic acids is 2. The van der Waals surface area contributed by atoms with E-state index < -0.39 is 0 Å². The number of carbonyl (C=O) groups is 2.